The lowest BCUT2D eigenvalue weighted by Gasteiger charge is -2.31. The molecule has 0 aromatic heterocycles. The normalized spacial score (nSPS) is 34.1. The standard InChI is InChI=1S/C8H17NO2/c1-3-11-8-4-7(2)5-9(10)6-8/h7-8,10H,3-6H2,1-2H3. The number of ether oxygens (including phenoxy) is 1. The molecule has 3 nitrogen and oxygen atoms in total. The molecule has 1 rings (SSSR count). The molecule has 0 aromatic carbocycles. The predicted molar refractivity (Wildman–Crippen MR) is 42.6 cm³/mol. The van der Waals surface area contributed by atoms with Crippen molar-refractivity contribution in [2.24, 2.45) is 5.92 Å². The van der Waals surface area contributed by atoms with Gasteiger partial charge in [-0.05, 0) is 19.3 Å². The number of hydroxylamine groups is 2. The van der Waals surface area contributed by atoms with Crippen molar-refractivity contribution in [2.45, 2.75) is 26.4 Å². The molecule has 1 fully saturated rings. The summed E-state index contributed by atoms with van der Waals surface area (Å²) >= 11 is 0. The van der Waals surface area contributed by atoms with Gasteiger partial charge in [0.25, 0.3) is 0 Å². The average molecular weight is 159 g/mol. The zero-order valence-electron chi connectivity index (χ0n) is 7.29. The van der Waals surface area contributed by atoms with E-state index in [1.807, 2.05) is 6.92 Å². The molecule has 0 radical (unpaired) electrons. The molecule has 0 amide bonds. The van der Waals surface area contributed by atoms with E-state index < -0.39 is 0 Å². The first-order valence-corrected chi connectivity index (χ1v) is 4.27. The molecule has 0 aromatic rings. The Kier molecular flexibility index (Phi) is 3.30. The highest BCUT2D eigenvalue weighted by molar-refractivity contribution is 4.72. The van der Waals surface area contributed by atoms with Gasteiger partial charge in [0, 0.05) is 13.2 Å². The van der Waals surface area contributed by atoms with Crippen LogP contribution in [-0.4, -0.2) is 36.1 Å². The van der Waals surface area contributed by atoms with Gasteiger partial charge in [-0.1, -0.05) is 6.92 Å². The molecule has 2 atom stereocenters. The van der Waals surface area contributed by atoms with Gasteiger partial charge in [-0.25, -0.2) is 0 Å². The summed E-state index contributed by atoms with van der Waals surface area (Å²) in [5.74, 6) is 0.547. The highest BCUT2D eigenvalue weighted by atomic mass is 16.5. The second-order valence-electron chi connectivity index (χ2n) is 3.29. The molecule has 1 aliphatic heterocycles. The predicted octanol–water partition coefficient (Wildman–Crippen LogP) is 1.12. The minimum Gasteiger partial charge on any atom is -0.377 e. The second-order valence-corrected chi connectivity index (χ2v) is 3.29. The van der Waals surface area contributed by atoms with E-state index in [-0.39, 0.29) is 6.10 Å². The number of hydrogen-bond donors (Lipinski definition) is 1. The minimum absolute atomic E-state index is 0.230. The van der Waals surface area contributed by atoms with Crippen LogP contribution >= 0.6 is 0 Å². The highest BCUT2D eigenvalue weighted by Crippen LogP contribution is 2.16. The lowest BCUT2D eigenvalue weighted by molar-refractivity contribution is -0.155. The van der Waals surface area contributed by atoms with Crippen molar-refractivity contribution in [1.29, 1.82) is 0 Å². The molecule has 0 bridgehead atoms. The molecule has 2 unspecified atom stereocenters. The van der Waals surface area contributed by atoms with Crippen LogP contribution in [0.15, 0.2) is 0 Å². The molecule has 66 valence electrons. The van der Waals surface area contributed by atoms with Crippen LogP contribution in [0.2, 0.25) is 0 Å². The quantitative estimate of drug-likeness (QED) is 0.655. The monoisotopic (exact) mass is 159 g/mol. The van der Waals surface area contributed by atoms with Crippen LogP contribution in [0.5, 0.6) is 0 Å². The van der Waals surface area contributed by atoms with E-state index >= 15 is 0 Å². The largest absolute Gasteiger partial charge is 0.377 e. The van der Waals surface area contributed by atoms with Gasteiger partial charge in [0.2, 0.25) is 0 Å². The van der Waals surface area contributed by atoms with Gasteiger partial charge >= 0.3 is 0 Å². The summed E-state index contributed by atoms with van der Waals surface area (Å²) in [6, 6.07) is 0. The Balaban J connectivity index is 2.30. The molecule has 0 spiro atoms. The zero-order valence-corrected chi connectivity index (χ0v) is 7.29. The second kappa shape index (κ2) is 4.04. The van der Waals surface area contributed by atoms with E-state index in [1.54, 1.807) is 0 Å². The fraction of sp³-hybridized carbons (Fsp3) is 1.00. The van der Waals surface area contributed by atoms with Crippen LogP contribution in [0.3, 0.4) is 0 Å². The smallest absolute Gasteiger partial charge is 0.0728 e. The molecular weight excluding hydrogens is 142 g/mol. The molecule has 1 heterocycles. The first-order valence-electron chi connectivity index (χ1n) is 4.27. The molecule has 0 aliphatic carbocycles. The molecule has 3 heteroatoms. The number of hydrogen-bond acceptors (Lipinski definition) is 3. The van der Waals surface area contributed by atoms with E-state index in [4.69, 9.17) is 4.74 Å². The summed E-state index contributed by atoms with van der Waals surface area (Å²) in [4.78, 5) is 0. The SMILES string of the molecule is CCOC1CC(C)CN(O)C1. The van der Waals surface area contributed by atoms with Crippen molar-refractivity contribution in [3.63, 3.8) is 0 Å². The summed E-state index contributed by atoms with van der Waals surface area (Å²) in [6.07, 6.45) is 1.30. The molecule has 11 heavy (non-hydrogen) atoms. The van der Waals surface area contributed by atoms with E-state index in [2.05, 4.69) is 6.92 Å². The number of piperidine rings is 1. The zero-order chi connectivity index (χ0) is 8.27. The molecule has 1 N–H and O–H groups in total. The van der Waals surface area contributed by atoms with Crippen molar-refractivity contribution >= 4 is 0 Å². The fourth-order valence-corrected chi connectivity index (χ4v) is 1.62. The van der Waals surface area contributed by atoms with Crippen LogP contribution in [0.25, 0.3) is 0 Å². The maximum atomic E-state index is 9.23. The summed E-state index contributed by atoms with van der Waals surface area (Å²) in [7, 11) is 0. The van der Waals surface area contributed by atoms with Crippen molar-refractivity contribution in [1.82, 2.24) is 5.06 Å². The molecule has 0 saturated carbocycles. The molecule has 1 saturated heterocycles. The maximum Gasteiger partial charge on any atom is 0.0728 e. The van der Waals surface area contributed by atoms with Crippen LogP contribution in [0.4, 0.5) is 0 Å². The minimum atomic E-state index is 0.230. The third-order valence-electron chi connectivity index (χ3n) is 2.00. The summed E-state index contributed by atoms with van der Waals surface area (Å²) in [5, 5.41) is 10.6. The first-order chi connectivity index (χ1) is 5.22. The van der Waals surface area contributed by atoms with Crippen molar-refractivity contribution in [3.8, 4) is 0 Å². The number of nitrogens with zero attached hydrogens (tertiary/aromatic N) is 1. The van der Waals surface area contributed by atoms with Gasteiger partial charge in [-0.3, -0.25) is 0 Å². The van der Waals surface area contributed by atoms with Gasteiger partial charge < -0.3 is 9.94 Å². The number of rotatable bonds is 2. The first kappa shape index (κ1) is 8.97. The van der Waals surface area contributed by atoms with Gasteiger partial charge in [-0.15, -0.1) is 0 Å². The van der Waals surface area contributed by atoms with Gasteiger partial charge in [-0.2, -0.15) is 5.06 Å². The van der Waals surface area contributed by atoms with E-state index in [0.29, 0.717) is 12.5 Å². The van der Waals surface area contributed by atoms with E-state index in [0.717, 1.165) is 19.6 Å². The third-order valence-corrected chi connectivity index (χ3v) is 2.00. The van der Waals surface area contributed by atoms with Crippen LogP contribution < -0.4 is 0 Å². The Morgan fingerprint density at radius 3 is 2.82 bits per heavy atom. The van der Waals surface area contributed by atoms with Gasteiger partial charge in [0.1, 0.15) is 0 Å². The van der Waals surface area contributed by atoms with E-state index in [1.165, 1.54) is 5.06 Å². The topological polar surface area (TPSA) is 32.7 Å². The molecule has 1 aliphatic rings. The van der Waals surface area contributed by atoms with Crippen LogP contribution in [0.1, 0.15) is 20.3 Å². The Bertz CT molecular complexity index is 109. The Hall–Kier alpha value is -0.120. The maximum absolute atomic E-state index is 9.23. The van der Waals surface area contributed by atoms with Crippen LogP contribution in [-0.2, 0) is 4.74 Å². The van der Waals surface area contributed by atoms with Gasteiger partial charge in [0.05, 0.1) is 12.6 Å². The average Bonchev–Trinajstić information content (AvgIpc) is 1.85. The van der Waals surface area contributed by atoms with Gasteiger partial charge in [0.15, 0.2) is 0 Å². The highest BCUT2D eigenvalue weighted by Gasteiger charge is 2.23. The lowest BCUT2D eigenvalue weighted by Crippen LogP contribution is -2.41. The van der Waals surface area contributed by atoms with E-state index in [9.17, 15) is 5.21 Å². The molecular formula is C8H17NO2. The van der Waals surface area contributed by atoms with Crippen molar-refractivity contribution in [2.75, 3.05) is 19.7 Å². The van der Waals surface area contributed by atoms with Crippen molar-refractivity contribution in [3.05, 3.63) is 0 Å². The lowest BCUT2D eigenvalue weighted by atomic mass is 9.99. The Morgan fingerprint density at radius 2 is 2.27 bits per heavy atom. The van der Waals surface area contributed by atoms with Crippen molar-refractivity contribution < 1.29 is 9.94 Å². The summed E-state index contributed by atoms with van der Waals surface area (Å²) < 4.78 is 5.42. The fourth-order valence-electron chi connectivity index (χ4n) is 1.62. The Morgan fingerprint density at radius 1 is 1.55 bits per heavy atom. The summed E-state index contributed by atoms with van der Waals surface area (Å²) in [5.41, 5.74) is 0. The third kappa shape index (κ3) is 2.77. The van der Waals surface area contributed by atoms with Crippen LogP contribution in [0, 0.1) is 5.92 Å². The Labute approximate surface area is 67.9 Å². The summed E-state index contributed by atoms with van der Waals surface area (Å²) in [6.45, 7) is 6.31.